The Morgan fingerprint density at radius 1 is 1.33 bits per heavy atom. The molecule has 0 unspecified atom stereocenters. The van der Waals surface area contributed by atoms with Gasteiger partial charge in [-0.1, -0.05) is 13.3 Å². The minimum absolute atomic E-state index is 0.0310. The van der Waals surface area contributed by atoms with Gasteiger partial charge in [0.15, 0.2) is 0 Å². The molecular weight excluding hydrogens is 287 g/mol. The van der Waals surface area contributed by atoms with Crippen LogP contribution in [0.25, 0.3) is 0 Å². The number of amides is 1. The lowest BCUT2D eigenvalue weighted by molar-refractivity contribution is -0.137. The van der Waals surface area contributed by atoms with Crippen molar-refractivity contribution in [1.29, 1.82) is 0 Å². The van der Waals surface area contributed by atoms with Gasteiger partial charge in [0.1, 0.15) is 5.75 Å². The molecule has 0 radical (unpaired) electrons. The molecule has 0 aromatic heterocycles. The number of nitrogens with zero attached hydrogens (tertiary/aromatic N) is 1. The van der Waals surface area contributed by atoms with Crippen LogP contribution in [-0.4, -0.2) is 31.7 Å². The number of halogens is 3. The molecule has 0 atom stereocenters. The summed E-state index contributed by atoms with van der Waals surface area (Å²) in [5.74, 6) is -0.662. The Bertz CT molecular complexity index is 489. The zero-order valence-electron chi connectivity index (χ0n) is 12.2. The molecule has 0 bridgehead atoms. The number of unbranched alkanes of at least 4 members (excludes halogenated alkanes) is 1. The number of alkyl halides is 3. The van der Waals surface area contributed by atoms with Gasteiger partial charge in [-0.05, 0) is 24.6 Å². The molecule has 0 aliphatic heterocycles. The highest BCUT2D eigenvalue weighted by Crippen LogP contribution is 2.33. The standard InChI is InChI=1S/C14H18F3NO3/c1-4-5-8-21-12-9-10(14(15,16)17)6-7-11(12)13(19)18(2)20-3/h6-7,9H,4-5,8H2,1-3H3. The van der Waals surface area contributed by atoms with Gasteiger partial charge in [-0.3, -0.25) is 9.63 Å². The summed E-state index contributed by atoms with van der Waals surface area (Å²) in [5.41, 5.74) is -0.825. The van der Waals surface area contributed by atoms with Crippen LogP contribution in [0.3, 0.4) is 0 Å². The van der Waals surface area contributed by atoms with Crippen molar-refractivity contribution in [2.45, 2.75) is 25.9 Å². The molecule has 1 aromatic rings. The minimum atomic E-state index is -4.49. The van der Waals surface area contributed by atoms with Crippen LogP contribution in [0.2, 0.25) is 0 Å². The molecule has 7 heteroatoms. The van der Waals surface area contributed by atoms with E-state index in [9.17, 15) is 18.0 Å². The van der Waals surface area contributed by atoms with Gasteiger partial charge in [-0.2, -0.15) is 13.2 Å². The molecule has 0 fully saturated rings. The van der Waals surface area contributed by atoms with E-state index in [1.807, 2.05) is 6.92 Å². The maximum absolute atomic E-state index is 12.7. The first-order valence-corrected chi connectivity index (χ1v) is 6.47. The first-order valence-electron chi connectivity index (χ1n) is 6.47. The van der Waals surface area contributed by atoms with Gasteiger partial charge in [0.25, 0.3) is 5.91 Å². The molecular formula is C14H18F3NO3. The van der Waals surface area contributed by atoms with Crippen molar-refractivity contribution >= 4 is 5.91 Å². The second kappa shape index (κ2) is 7.31. The Morgan fingerprint density at radius 2 is 2.00 bits per heavy atom. The molecule has 118 valence electrons. The Morgan fingerprint density at radius 3 is 2.52 bits per heavy atom. The minimum Gasteiger partial charge on any atom is -0.493 e. The molecule has 0 aliphatic carbocycles. The number of hydrogen-bond acceptors (Lipinski definition) is 3. The van der Waals surface area contributed by atoms with Crippen LogP contribution in [-0.2, 0) is 11.0 Å². The van der Waals surface area contributed by atoms with Gasteiger partial charge in [0.2, 0.25) is 0 Å². The number of hydroxylamine groups is 2. The zero-order valence-corrected chi connectivity index (χ0v) is 12.2. The topological polar surface area (TPSA) is 38.8 Å². The van der Waals surface area contributed by atoms with Crippen LogP contribution >= 0.6 is 0 Å². The van der Waals surface area contributed by atoms with Gasteiger partial charge in [0.05, 0.1) is 24.8 Å². The van der Waals surface area contributed by atoms with E-state index in [-0.39, 0.29) is 17.9 Å². The number of hydrogen-bond donors (Lipinski definition) is 0. The van der Waals surface area contributed by atoms with Gasteiger partial charge in [-0.15, -0.1) is 0 Å². The summed E-state index contributed by atoms with van der Waals surface area (Å²) >= 11 is 0. The van der Waals surface area contributed by atoms with E-state index in [4.69, 9.17) is 9.57 Å². The molecule has 0 saturated carbocycles. The molecule has 1 aromatic carbocycles. The smallest absolute Gasteiger partial charge is 0.416 e. The third-order valence-electron chi connectivity index (χ3n) is 2.85. The summed E-state index contributed by atoms with van der Waals surface area (Å²) in [5, 5.41) is 0.926. The third kappa shape index (κ3) is 4.63. The molecule has 1 amide bonds. The van der Waals surface area contributed by atoms with E-state index in [0.29, 0.717) is 6.42 Å². The van der Waals surface area contributed by atoms with Crippen LogP contribution in [0.5, 0.6) is 5.75 Å². The number of rotatable bonds is 6. The van der Waals surface area contributed by atoms with Crippen molar-refractivity contribution in [2.24, 2.45) is 0 Å². The fourth-order valence-electron chi connectivity index (χ4n) is 1.57. The van der Waals surface area contributed by atoms with E-state index in [1.165, 1.54) is 14.2 Å². The van der Waals surface area contributed by atoms with Crippen molar-refractivity contribution in [2.75, 3.05) is 20.8 Å². The van der Waals surface area contributed by atoms with Crippen molar-refractivity contribution in [3.8, 4) is 5.75 Å². The summed E-state index contributed by atoms with van der Waals surface area (Å²) in [7, 11) is 2.66. The lowest BCUT2D eigenvalue weighted by atomic mass is 10.1. The summed E-state index contributed by atoms with van der Waals surface area (Å²) in [6, 6.07) is 2.79. The van der Waals surface area contributed by atoms with Crippen molar-refractivity contribution < 1.29 is 27.5 Å². The van der Waals surface area contributed by atoms with Gasteiger partial charge >= 0.3 is 6.18 Å². The summed E-state index contributed by atoms with van der Waals surface area (Å²) in [4.78, 5) is 16.8. The first-order chi connectivity index (χ1) is 9.81. The Balaban J connectivity index is 3.13. The van der Waals surface area contributed by atoms with E-state index in [1.54, 1.807) is 0 Å². The molecule has 0 saturated heterocycles. The number of carbonyl (C=O) groups is 1. The molecule has 1 rings (SSSR count). The molecule has 0 heterocycles. The Kier molecular flexibility index (Phi) is 6.02. The van der Waals surface area contributed by atoms with Crippen LogP contribution in [0.1, 0.15) is 35.7 Å². The normalized spacial score (nSPS) is 11.3. The highest BCUT2D eigenvalue weighted by atomic mass is 19.4. The van der Waals surface area contributed by atoms with E-state index in [2.05, 4.69) is 0 Å². The van der Waals surface area contributed by atoms with Crippen LogP contribution < -0.4 is 4.74 Å². The van der Waals surface area contributed by atoms with Crippen LogP contribution in [0.4, 0.5) is 13.2 Å². The summed E-state index contributed by atoms with van der Waals surface area (Å²) in [6.07, 6.45) is -2.97. The fourth-order valence-corrected chi connectivity index (χ4v) is 1.57. The second-order valence-corrected chi connectivity index (χ2v) is 4.40. The molecule has 4 nitrogen and oxygen atoms in total. The SMILES string of the molecule is CCCCOc1cc(C(F)(F)F)ccc1C(=O)N(C)OC. The quantitative estimate of drug-likeness (QED) is 0.596. The van der Waals surface area contributed by atoms with Gasteiger partial charge in [-0.25, -0.2) is 5.06 Å². The molecule has 0 N–H and O–H groups in total. The Labute approximate surface area is 121 Å². The first kappa shape index (κ1) is 17.3. The molecule has 0 spiro atoms. The van der Waals surface area contributed by atoms with Crippen molar-refractivity contribution in [3.63, 3.8) is 0 Å². The number of benzene rings is 1. The average molecular weight is 305 g/mol. The lowest BCUT2D eigenvalue weighted by Gasteiger charge is -2.18. The zero-order chi connectivity index (χ0) is 16.0. The number of ether oxygens (including phenoxy) is 1. The van der Waals surface area contributed by atoms with Crippen molar-refractivity contribution in [1.82, 2.24) is 5.06 Å². The van der Waals surface area contributed by atoms with Crippen LogP contribution in [0.15, 0.2) is 18.2 Å². The second-order valence-electron chi connectivity index (χ2n) is 4.40. The predicted octanol–water partition coefficient (Wildman–Crippen LogP) is 3.52. The largest absolute Gasteiger partial charge is 0.493 e. The summed E-state index contributed by atoms with van der Waals surface area (Å²) < 4.78 is 43.5. The summed E-state index contributed by atoms with van der Waals surface area (Å²) in [6.45, 7) is 2.18. The third-order valence-corrected chi connectivity index (χ3v) is 2.85. The molecule has 0 aliphatic rings. The monoisotopic (exact) mass is 305 g/mol. The fraction of sp³-hybridized carbons (Fsp3) is 0.500. The highest BCUT2D eigenvalue weighted by Gasteiger charge is 2.32. The number of carbonyl (C=O) groups excluding carboxylic acids is 1. The predicted molar refractivity (Wildman–Crippen MR) is 70.9 cm³/mol. The van der Waals surface area contributed by atoms with Crippen molar-refractivity contribution in [3.05, 3.63) is 29.3 Å². The molecule has 21 heavy (non-hydrogen) atoms. The van der Waals surface area contributed by atoms with E-state index < -0.39 is 17.6 Å². The van der Waals surface area contributed by atoms with Gasteiger partial charge in [0, 0.05) is 7.05 Å². The van der Waals surface area contributed by atoms with E-state index >= 15 is 0 Å². The van der Waals surface area contributed by atoms with Gasteiger partial charge < -0.3 is 4.74 Å². The highest BCUT2D eigenvalue weighted by molar-refractivity contribution is 5.96. The van der Waals surface area contributed by atoms with E-state index in [0.717, 1.165) is 29.7 Å². The maximum Gasteiger partial charge on any atom is 0.416 e. The average Bonchev–Trinajstić information content (AvgIpc) is 2.45. The van der Waals surface area contributed by atoms with Crippen LogP contribution in [0, 0.1) is 0 Å². The maximum atomic E-state index is 12.7. The Hall–Kier alpha value is -1.76. The lowest BCUT2D eigenvalue weighted by Crippen LogP contribution is -2.26.